The first-order valence-electron chi connectivity index (χ1n) is 14.8. The molecule has 0 aliphatic heterocycles. The van der Waals surface area contributed by atoms with Crippen molar-refractivity contribution in [3.8, 4) is 11.5 Å². The molecule has 0 saturated heterocycles. The Morgan fingerprint density at radius 2 is 1.16 bits per heavy atom. The number of hydrazone groups is 2. The standard InChI is InChI=1S/C39H41N4O2/c1-30-12-20-34(21-13-30)38(42(3)40-28-32-16-24-36(44-5)25-17-32)10-8-7-9-11-39(35-22-14-31(2)15-23-35)43(4)41-29-33-18-26-37(45-6)27-19-33/h7-29H,1-6H3/q+1/b40-28+,41-29+. The summed E-state index contributed by atoms with van der Waals surface area (Å²) in [5.41, 5.74) is 8.47. The summed E-state index contributed by atoms with van der Waals surface area (Å²) >= 11 is 0. The van der Waals surface area contributed by atoms with Gasteiger partial charge in [-0.05, 0) is 102 Å². The van der Waals surface area contributed by atoms with E-state index in [-0.39, 0.29) is 0 Å². The van der Waals surface area contributed by atoms with Gasteiger partial charge in [0.1, 0.15) is 17.7 Å². The molecule has 0 heterocycles. The molecule has 228 valence electrons. The van der Waals surface area contributed by atoms with Gasteiger partial charge in [-0.1, -0.05) is 70.4 Å². The van der Waals surface area contributed by atoms with Gasteiger partial charge in [0.25, 0.3) is 0 Å². The van der Waals surface area contributed by atoms with E-state index in [2.05, 4.69) is 74.5 Å². The number of hydrogen-bond donors (Lipinski definition) is 0. The van der Waals surface area contributed by atoms with E-state index in [1.165, 1.54) is 11.1 Å². The lowest BCUT2D eigenvalue weighted by molar-refractivity contribution is -0.500. The van der Waals surface area contributed by atoms with Crippen LogP contribution >= 0.6 is 0 Å². The summed E-state index contributed by atoms with van der Waals surface area (Å²) in [5, 5.41) is 11.3. The van der Waals surface area contributed by atoms with Crippen molar-refractivity contribution in [1.29, 1.82) is 0 Å². The van der Waals surface area contributed by atoms with Crippen LogP contribution in [-0.4, -0.2) is 56.1 Å². The van der Waals surface area contributed by atoms with E-state index in [4.69, 9.17) is 19.7 Å². The molecule has 4 aromatic carbocycles. The summed E-state index contributed by atoms with van der Waals surface area (Å²) in [5.74, 6) is 1.63. The Kier molecular flexibility index (Phi) is 11.8. The maximum atomic E-state index is 5.27. The molecule has 0 fully saturated rings. The second kappa shape index (κ2) is 16.4. The number of ether oxygens (including phenoxy) is 2. The minimum atomic E-state index is 0.817. The van der Waals surface area contributed by atoms with Crippen LogP contribution in [0.25, 0.3) is 5.70 Å². The molecule has 4 rings (SSSR count). The summed E-state index contributed by atoms with van der Waals surface area (Å²) < 4.78 is 12.4. The van der Waals surface area contributed by atoms with Crippen LogP contribution in [0.1, 0.15) is 33.4 Å². The van der Waals surface area contributed by atoms with Crippen molar-refractivity contribution in [1.82, 2.24) is 5.01 Å². The van der Waals surface area contributed by atoms with Gasteiger partial charge in [-0.2, -0.15) is 5.10 Å². The highest BCUT2D eigenvalue weighted by molar-refractivity contribution is 6.05. The Hall–Kier alpha value is -5.49. The lowest BCUT2D eigenvalue weighted by Gasteiger charge is -2.17. The molecule has 45 heavy (non-hydrogen) atoms. The maximum absolute atomic E-state index is 5.27. The summed E-state index contributed by atoms with van der Waals surface area (Å²) in [6, 6.07) is 32.5. The number of hydrogen-bond acceptors (Lipinski definition) is 5. The minimum absolute atomic E-state index is 0.817. The van der Waals surface area contributed by atoms with Crippen molar-refractivity contribution in [2.75, 3.05) is 28.3 Å². The van der Waals surface area contributed by atoms with Crippen molar-refractivity contribution in [3.05, 3.63) is 161 Å². The fourth-order valence-corrected chi connectivity index (χ4v) is 4.40. The molecule has 0 atom stereocenters. The normalized spacial score (nSPS) is 12.8. The topological polar surface area (TPSA) is 49.4 Å². The van der Waals surface area contributed by atoms with Gasteiger partial charge in [0.2, 0.25) is 5.71 Å². The van der Waals surface area contributed by atoms with Gasteiger partial charge in [0.15, 0.2) is 7.05 Å². The van der Waals surface area contributed by atoms with E-state index in [1.807, 2.05) is 103 Å². The third-order valence-corrected chi connectivity index (χ3v) is 7.11. The van der Waals surface area contributed by atoms with Gasteiger partial charge in [-0.15, -0.1) is 0 Å². The number of methoxy groups -OCH3 is 2. The Balaban J connectivity index is 1.59. The van der Waals surface area contributed by atoms with Crippen LogP contribution in [0.2, 0.25) is 0 Å². The van der Waals surface area contributed by atoms with E-state index >= 15 is 0 Å². The fourth-order valence-electron chi connectivity index (χ4n) is 4.40. The molecule has 0 unspecified atom stereocenters. The highest BCUT2D eigenvalue weighted by atomic mass is 16.5. The number of benzene rings is 4. The Labute approximate surface area is 267 Å². The number of allylic oxidation sites excluding steroid dienone is 5. The minimum Gasteiger partial charge on any atom is -0.497 e. The molecule has 0 saturated carbocycles. The highest BCUT2D eigenvalue weighted by Gasteiger charge is 2.11. The molecule has 0 radical (unpaired) electrons. The summed E-state index contributed by atoms with van der Waals surface area (Å²) in [6.45, 7) is 4.17. The third-order valence-electron chi connectivity index (χ3n) is 7.11. The van der Waals surface area contributed by atoms with E-state index in [1.54, 1.807) is 14.2 Å². The molecular weight excluding hydrogens is 556 g/mol. The average Bonchev–Trinajstić information content (AvgIpc) is 3.07. The monoisotopic (exact) mass is 597 g/mol. The van der Waals surface area contributed by atoms with Crippen LogP contribution in [0.4, 0.5) is 0 Å². The van der Waals surface area contributed by atoms with Gasteiger partial charge in [-0.25, -0.2) is 0 Å². The highest BCUT2D eigenvalue weighted by Crippen LogP contribution is 2.20. The first-order valence-corrected chi connectivity index (χ1v) is 14.8. The smallest absolute Gasteiger partial charge is 0.238 e. The number of nitrogens with zero attached hydrogens (tertiary/aromatic N) is 4. The average molecular weight is 598 g/mol. The van der Waals surface area contributed by atoms with E-state index in [0.717, 1.165) is 45.2 Å². The van der Waals surface area contributed by atoms with Gasteiger partial charge in [0.05, 0.1) is 26.1 Å². The van der Waals surface area contributed by atoms with E-state index < -0.39 is 0 Å². The molecular formula is C39H41N4O2+. The second-order valence-electron chi connectivity index (χ2n) is 10.5. The quantitative estimate of drug-likeness (QED) is 0.0722. The molecule has 4 aromatic rings. The molecule has 0 aliphatic rings. The SMILES string of the molecule is COc1ccc(/C=N/N(C)/C(=C/C=C/C=C/C(c2ccc(C)cc2)=[N+](C)/N=C/c2ccc(OC)cc2)c2ccc(C)cc2)cc1. The summed E-state index contributed by atoms with van der Waals surface area (Å²) in [4.78, 5) is 0. The Morgan fingerprint density at radius 1 is 0.644 bits per heavy atom. The summed E-state index contributed by atoms with van der Waals surface area (Å²) in [6.07, 6.45) is 13.9. The zero-order valence-corrected chi connectivity index (χ0v) is 26.9. The summed E-state index contributed by atoms with van der Waals surface area (Å²) in [7, 11) is 7.23. The molecule has 0 spiro atoms. The van der Waals surface area contributed by atoms with Gasteiger partial charge < -0.3 is 9.47 Å². The fraction of sp³-hybridized carbons (Fsp3) is 0.154. The predicted octanol–water partition coefficient (Wildman–Crippen LogP) is 7.91. The van der Waals surface area contributed by atoms with Crippen molar-refractivity contribution >= 4 is 23.8 Å². The predicted molar refractivity (Wildman–Crippen MR) is 188 cm³/mol. The number of aryl methyl sites for hydroxylation is 2. The molecule has 0 aliphatic carbocycles. The molecule has 0 amide bonds. The van der Waals surface area contributed by atoms with E-state index in [0.29, 0.717) is 0 Å². The maximum Gasteiger partial charge on any atom is 0.238 e. The molecule has 0 N–H and O–H groups in total. The van der Waals surface area contributed by atoms with Crippen LogP contribution in [0.15, 0.2) is 138 Å². The lowest BCUT2D eigenvalue weighted by Crippen LogP contribution is -2.12. The van der Waals surface area contributed by atoms with Crippen LogP contribution in [-0.2, 0) is 0 Å². The first-order chi connectivity index (χ1) is 21.9. The van der Waals surface area contributed by atoms with Crippen molar-refractivity contribution in [3.63, 3.8) is 0 Å². The van der Waals surface area contributed by atoms with Crippen molar-refractivity contribution in [2.24, 2.45) is 10.2 Å². The van der Waals surface area contributed by atoms with Gasteiger partial charge >= 0.3 is 0 Å². The zero-order chi connectivity index (χ0) is 32.0. The first kappa shape index (κ1) is 32.4. The van der Waals surface area contributed by atoms with Crippen LogP contribution in [0.5, 0.6) is 11.5 Å². The second-order valence-corrected chi connectivity index (χ2v) is 10.5. The van der Waals surface area contributed by atoms with Crippen molar-refractivity contribution < 1.29 is 14.2 Å². The lowest BCUT2D eigenvalue weighted by atomic mass is 10.1. The van der Waals surface area contributed by atoms with Crippen LogP contribution < -0.4 is 9.47 Å². The van der Waals surface area contributed by atoms with Gasteiger partial charge in [0, 0.05) is 18.7 Å². The molecule has 0 bridgehead atoms. The molecule has 6 heteroatoms. The molecule has 6 nitrogen and oxygen atoms in total. The van der Waals surface area contributed by atoms with Crippen molar-refractivity contribution in [2.45, 2.75) is 13.8 Å². The third kappa shape index (κ3) is 9.76. The van der Waals surface area contributed by atoms with Gasteiger partial charge in [-0.3, -0.25) is 5.01 Å². The zero-order valence-electron chi connectivity index (χ0n) is 26.9. The van der Waals surface area contributed by atoms with Crippen LogP contribution in [0.3, 0.4) is 0 Å². The van der Waals surface area contributed by atoms with Crippen LogP contribution in [0, 0.1) is 13.8 Å². The van der Waals surface area contributed by atoms with E-state index in [9.17, 15) is 0 Å². The molecule has 0 aromatic heterocycles. The Morgan fingerprint density at radius 3 is 1.69 bits per heavy atom. The number of rotatable bonds is 12. The largest absolute Gasteiger partial charge is 0.497 e. The Bertz CT molecular complexity index is 1710.